The molecule has 424 valence electrons. The Morgan fingerprint density at radius 1 is 0.264 bits per heavy atom. The molecule has 0 aliphatic heterocycles. The predicted molar refractivity (Wildman–Crippen MR) is 312 cm³/mol. The van der Waals surface area contributed by atoms with Crippen molar-refractivity contribution in [3.63, 3.8) is 0 Å². The zero-order chi connectivity index (χ0) is 52.2. The lowest BCUT2D eigenvalue weighted by molar-refractivity contribution is -0.167. The van der Waals surface area contributed by atoms with Gasteiger partial charge in [-0.1, -0.05) is 295 Å². The lowest BCUT2D eigenvalue weighted by Crippen LogP contribution is -2.30. The first kappa shape index (κ1) is 69.9. The minimum Gasteiger partial charge on any atom is -0.462 e. The molecule has 1 unspecified atom stereocenters. The molecular formula is C66H124O6. The van der Waals surface area contributed by atoms with Crippen LogP contribution in [0.3, 0.4) is 0 Å². The molecule has 72 heavy (non-hydrogen) atoms. The molecule has 0 spiro atoms. The number of carbonyl (C=O) groups is 3. The number of carbonyl (C=O) groups excluding carboxylic acids is 3. The Bertz CT molecular complexity index is 1160. The molecule has 0 heterocycles. The smallest absolute Gasteiger partial charge is 0.306 e. The third-order valence-corrected chi connectivity index (χ3v) is 14.7. The SMILES string of the molecule is CCCCCCCCC/C=C\CCCCCCCC(=O)OC(COC(=O)CCCCCCCCC)COC(=O)CCCCCCCCCCCCCCCCCCCCC/C=C\CCCCCCCCCC. The first-order valence-corrected chi connectivity index (χ1v) is 32.3. The maximum Gasteiger partial charge on any atom is 0.306 e. The maximum atomic E-state index is 12.8. The zero-order valence-corrected chi connectivity index (χ0v) is 48.7. The molecule has 0 saturated carbocycles. The molecule has 0 fully saturated rings. The van der Waals surface area contributed by atoms with Gasteiger partial charge in [-0.25, -0.2) is 0 Å². The molecule has 6 heteroatoms. The summed E-state index contributed by atoms with van der Waals surface area (Å²) >= 11 is 0. The molecule has 0 aromatic heterocycles. The van der Waals surface area contributed by atoms with Crippen molar-refractivity contribution in [2.24, 2.45) is 0 Å². The second kappa shape index (κ2) is 61.4. The number of ether oxygens (including phenoxy) is 3. The van der Waals surface area contributed by atoms with Crippen LogP contribution in [0.5, 0.6) is 0 Å². The Morgan fingerprint density at radius 2 is 0.458 bits per heavy atom. The quantitative estimate of drug-likeness (QED) is 0.0261. The van der Waals surface area contributed by atoms with Gasteiger partial charge in [0.15, 0.2) is 6.10 Å². The molecule has 0 aliphatic carbocycles. The van der Waals surface area contributed by atoms with Crippen LogP contribution in [0.4, 0.5) is 0 Å². The lowest BCUT2D eigenvalue weighted by Gasteiger charge is -2.18. The second-order valence-corrected chi connectivity index (χ2v) is 22.0. The summed E-state index contributed by atoms with van der Waals surface area (Å²) in [5.74, 6) is -0.863. The van der Waals surface area contributed by atoms with Gasteiger partial charge in [0.25, 0.3) is 0 Å². The van der Waals surface area contributed by atoms with Gasteiger partial charge in [0.1, 0.15) is 13.2 Å². The van der Waals surface area contributed by atoms with E-state index >= 15 is 0 Å². The second-order valence-electron chi connectivity index (χ2n) is 22.0. The highest BCUT2D eigenvalue weighted by atomic mass is 16.6. The van der Waals surface area contributed by atoms with Crippen LogP contribution < -0.4 is 0 Å². The third kappa shape index (κ3) is 58.8. The first-order chi connectivity index (χ1) is 35.5. The fraction of sp³-hybridized carbons (Fsp3) is 0.894. The van der Waals surface area contributed by atoms with Crippen LogP contribution >= 0.6 is 0 Å². The largest absolute Gasteiger partial charge is 0.462 e. The van der Waals surface area contributed by atoms with Crippen LogP contribution in [0.15, 0.2) is 24.3 Å². The Labute approximate surface area is 449 Å². The third-order valence-electron chi connectivity index (χ3n) is 14.7. The van der Waals surface area contributed by atoms with Crippen molar-refractivity contribution in [2.75, 3.05) is 13.2 Å². The lowest BCUT2D eigenvalue weighted by atomic mass is 10.0. The molecule has 1 atom stereocenters. The fourth-order valence-corrected chi connectivity index (χ4v) is 9.79. The molecule has 6 nitrogen and oxygen atoms in total. The molecular weight excluding hydrogens is 889 g/mol. The number of allylic oxidation sites excluding steroid dienone is 4. The number of unbranched alkanes of at least 4 members (excludes halogenated alkanes) is 45. The van der Waals surface area contributed by atoms with Crippen molar-refractivity contribution >= 4 is 17.9 Å². The van der Waals surface area contributed by atoms with E-state index in [9.17, 15) is 14.4 Å². The normalized spacial score (nSPS) is 12.1. The van der Waals surface area contributed by atoms with Crippen LogP contribution in [0.2, 0.25) is 0 Å². The minimum atomic E-state index is -0.769. The first-order valence-electron chi connectivity index (χ1n) is 32.3. The van der Waals surface area contributed by atoms with E-state index in [1.54, 1.807) is 0 Å². The zero-order valence-electron chi connectivity index (χ0n) is 48.7. The van der Waals surface area contributed by atoms with Crippen LogP contribution in [-0.2, 0) is 28.6 Å². The minimum absolute atomic E-state index is 0.0696. The van der Waals surface area contributed by atoms with Crippen LogP contribution in [0.1, 0.15) is 361 Å². The van der Waals surface area contributed by atoms with Gasteiger partial charge in [-0.15, -0.1) is 0 Å². The summed E-state index contributed by atoms with van der Waals surface area (Å²) in [7, 11) is 0. The van der Waals surface area contributed by atoms with E-state index in [1.807, 2.05) is 0 Å². The number of hydrogen-bond acceptors (Lipinski definition) is 6. The highest BCUT2D eigenvalue weighted by molar-refractivity contribution is 5.71. The van der Waals surface area contributed by atoms with Crippen molar-refractivity contribution < 1.29 is 28.6 Å². The summed E-state index contributed by atoms with van der Waals surface area (Å²) in [4.78, 5) is 38.0. The molecule has 0 amide bonds. The van der Waals surface area contributed by atoms with Crippen molar-refractivity contribution in [3.05, 3.63) is 24.3 Å². The average Bonchev–Trinajstić information content (AvgIpc) is 3.38. The average molecular weight is 1010 g/mol. The fourth-order valence-electron chi connectivity index (χ4n) is 9.79. The van der Waals surface area contributed by atoms with Gasteiger partial charge >= 0.3 is 17.9 Å². The van der Waals surface area contributed by atoms with E-state index < -0.39 is 6.10 Å². The van der Waals surface area contributed by atoms with Gasteiger partial charge in [-0.05, 0) is 70.6 Å². The molecule has 0 bridgehead atoms. The highest BCUT2D eigenvalue weighted by Crippen LogP contribution is 2.18. The Balaban J connectivity index is 3.98. The van der Waals surface area contributed by atoms with Gasteiger partial charge in [0.05, 0.1) is 0 Å². The molecule has 0 aromatic carbocycles. The Morgan fingerprint density at radius 3 is 0.694 bits per heavy atom. The van der Waals surface area contributed by atoms with Gasteiger partial charge in [0, 0.05) is 19.3 Å². The van der Waals surface area contributed by atoms with Gasteiger partial charge in [0.2, 0.25) is 0 Å². The van der Waals surface area contributed by atoms with Gasteiger partial charge in [-0.2, -0.15) is 0 Å². The van der Waals surface area contributed by atoms with Crippen LogP contribution in [0, 0.1) is 0 Å². The number of rotatable bonds is 60. The Kier molecular flexibility index (Phi) is 59.6. The monoisotopic (exact) mass is 1010 g/mol. The summed E-state index contributed by atoms with van der Waals surface area (Å²) in [6, 6.07) is 0. The number of hydrogen-bond donors (Lipinski definition) is 0. The summed E-state index contributed by atoms with van der Waals surface area (Å²) < 4.78 is 16.8. The molecule has 0 aromatic rings. The molecule has 0 saturated heterocycles. The predicted octanol–water partition coefficient (Wildman–Crippen LogP) is 21.8. The summed E-state index contributed by atoms with van der Waals surface area (Å²) in [6.07, 6.45) is 73.7. The highest BCUT2D eigenvalue weighted by Gasteiger charge is 2.19. The van der Waals surface area contributed by atoms with Crippen LogP contribution in [0.25, 0.3) is 0 Å². The molecule has 0 aliphatic rings. The van der Waals surface area contributed by atoms with E-state index in [0.29, 0.717) is 19.3 Å². The van der Waals surface area contributed by atoms with Gasteiger partial charge < -0.3 is 14.2 Å². The van der Waals surface area contributed by atoms with E-state index in [-0.39, 0.29) is 31.1 Å². The summed E-state index contributed by atoms with van der Waals surface area (Å²) in [6.45, 7) is 6.64. The summed E-state index contributed by atoms with van der Waals surface area (Å²) in [5, 5.41) is 0. The van der Waals surface area contributed by atoms with Crippen LogP contribution in [-0.4, -0.2) is 37.2 Å². The van der Waals surface area contributed by atoms with E-state index in [2.05, 4.69) is 45.1 Å². The van der Waals surface area contributed by atoms with Crippen molar-refractivity contribution in [1.29, 1.82) is 0 Å². The standard InChI is InChI=1S/C66H124O6/c1-4-7-10-13-16-18-20-22-24-26-27-28-29-30-31-32-33-34-35-36-37-38-39-40-42-43-45-47-50-53-56-59-65(68)71-62-63(61-70-64(67)58-55-52-49-15-12-9-6-3)72-66(69)60-57-54-51-48-46-44-41-25-23-21-19-17-14-11-8-5-2/h25-27,41,63H,4-24,28-40,42-62H2,1-3H3/b27-26-,41-25-. The maximum absolute atomic E-state index is 12.8. The molecule has 0 rings (SSSR count). The Hall–Kier alpha value is -2.11. The van der Waals surface area contributed by atoms with Crippen molar-refractivity contribution in [1.82, 2.24) is 0 Å². The van der Waals surface area contributed by atoms with Crippen molar-refractivity contribution in [3.8, 4) is 0 Å². The van der Waals surface area contributed by atoms with Crippen molar-refractivity contribution in [2.45, 2.75) is 367 Å². The van der Waals surface area contributed by atoms with E-state index in [1.165, 1.54) is 257 Å². The summed E-state index contributed by atoms with van der Waals surface area (Å²) in [5.41, 5.74) is 0. The van der Waals surface area contributed by atoms with Gasteiger partial charge in [-0.3, -0.25) is 14.4 Å². The number of esters is 3. The molecule has 0 N–H and O–H groups in total. The topological polar surface area (TPSA) is 78.9 Å². The van der Waals surface area contributed by atoms with E-state index in [0.717, 1.165) is 64.2 Å². The van der Waals surface area contributed by atoms with E-state index in [4.69, 9.17) is 14.2 Å². The molecule has 0 radical (unpaired) electrons.